The minimum absolute atomic E-state index is 0.0256. The first-order valence-corrected chi connectivity index (χ1v) is 12.4. The van der Waals surface area contributed by atoms with Gasteiger partial charge in [-0.3, -0.25) is 9.78 Å². The topological polar surface area (TPSA) is 85.6 Å². The predicted molar refractivity (Wildman–Crippen MR) is 133 cm³/mol. The Morgan fingerprint density at radius 3 is 2.77 bits per heavy atom. The smallest absolute Gasteiger partial charge is 0.255 e. The zero-order chi connectivity index (χ0) is 23.8. The molecule has 1 aromatic carbocycles. The Balaban J connectivity index is 1.31. The molecule has 3 heterocycles. The van der Waals surface area contributed by atoms with Gasteiger partial charge < -0.3 is 5.32 Å². The maximum Gasteiger partial charge on any atom is 0.255 e. The van der Waals surface area contributed by atoms with E-state index < -0.39 is 0 Å². The first-order chi connectivity index (χ1) is 17.2. The van der Waals surface area contributed by atoms with Crippen molar-refractivity contribution in [3.8, 4) is 17.2 Å². The summed E-state index contributed by atoms with van der Waals surface area (Å²) in [7, 11) is 0. The summed E-state index contributed by atoms with van der Waals surface area (Å²) in [5.41, 5.74) is 7.27. The number of aromatic nitrogens is 5. The maximum absolute atomic E-state index is 13.3. The second-order valence-electron chi connectivity index (χ2n) is 9.62. The molecule has 0 radical (unpaired) electrons. The van der Waals surface area contributed by atoms with E-state index in [1.54, 1.807) is 17.1 Å². The van der Waals surface area contributed by atoms with Crippen LogP contribution in [0.4, 0.5) is 0 Å². The van der Waals surface area contributed by atoms with Gasteiger partial charge in [-0.1, -0.05) is 30.3 Å². The zero-order valence-electron chi connectivity index (χ0n) is 19.8. The molecule has 35 heavy (non-hydrogen) atoms. The third-order valence-corrected chi connectivity index (χ3v) is 6.86. The van der Waals surface area contributed by atoms with E-state index in [0.717, 1.165) is 55.5 Å². The number of carbonyl (C=O) groups excluding carboxylic acids is 1. The van der Waals surface area contributed by atoms with Gasteiger partial charge in [0.1, 0.15) is 0 Å². The highest BCUT2D eigenvalue weighted by atomic mass is 16.1. The average Bonchev–Trinajstić information content (AvgIpc) is 3.65. The molecule has 1 saturated carbocycles. The molecular weight excluding hydrogens is 436 g/mol. The Hall–Kier alpha value is -3.87. The van der Waals surface area contributed by atoms with Crippen molar-refractivity contribution < 1.29 is 4.79 Å². The van der Waals surface area contributed by atoms with Crippen molar-refractivity contribution in [3.05, 3.63) is 89.1 Å². The van der Waals surface area contributed by atoms with E-state index in [-0.39, 0.29) is 11.9 Å². The van der Waals surface area contributed by atoms with Crippen LogP contribution in [0.5, 0.6) is 0 Å². The summed E-state index contributed by atoms with van der Waals surface area (Å²) in [4.78, 5) is 27.1. The predicted octanol–water partition coefficient (Wildman–Crippen LogP) is 4.45. The fourth-order valence-corrected chi connectivity index (χ4v) is 5.02. The molecule has 0 unspecified atom stereocenters. The largest absolute Gasteiger partial charge is 0.349 e. The lowest BCUT2D eigenvalue weighted by Gasteiger charge is -2.15. The van der Waals surface area contributed by atoms with Gasteiger partial charge >= 0.3 is 0 Å². The van der Waals surface area contributed by atoms with Gasteiger partial charge in [0.2, 0.25) is 0 Å². The molecule has 1 fully saturated rings. The molecule has 1 atom stereocenters. The van der Waals surface area contributed by atoms with Crippen LogP contribution in [0, 0.1) is 0 Å². The minimum Gasteiger partial charge on any atom is -0.349 e. The van der Waals surface area contributed by atoms with Crippen LogP contribution in [0.25, 0.3) is 17.2 Å². The summed E-state index contributed by atoms with van der Waals surface area (Å²) >= 11 is 0. The van der Waals surface area contributed by atoms with Gasteiger partial charge in [0, 0.05) is 36.1 Å². The molecule has 176 valence electrons. The molecular formula is C28H28N6O. The molecule has 0 saturated heterocycles. The second kappa shape index (κ2) is 9.06. The van der Waals surface area contributed by atoms with Crippen LogP contribution in [0.3, 0.4) is 0 Å². The monoisotopic (exact) mass is 464 g/mol. The van der Waals surface area contributed by atoms with Crippen LogP contribution in [0.15, 0.2) is 61.2 Å². The molecule has 4 aromatic rings. The molecule has 2 aliphatic carbocycles. The Morgan fingerprint density at radius 2 is 1.94 bits per heavy atom. The fourth-order valence-electron chi connectivity index (χ4n) is 5.02. The number of nitrogens with one attached hydrogen (secondary N) is 1. The summed E-state index contributed by atoms with van der Waals surface area (Å²) in [6, 6.07) is 12.4. The summed E-state index contributed by atoms with van der Waals surface area (Å²) in [6.45, 7) is 2.01. The van der Waals surface area contributed by atoms with E-state index in [4.69, 9.17) is 4.98 Å². The van der Waals surface area contributed by atoms with E-state index in [1.807, 2.05) is 31.5 Å². The normalized spacial score (nSPS) is 15.6. The average molecular weight is 465 g/mol. The van der Waals surface area contributed by atoms with Crippen LogP contribution >= 0.6 is 0 Å². The lowest BCUT2D eigenvalue weighted by Crippen LogP contribution is -2.34. The number of carbonyl (C=O) groups is 1. The zero-order valence-corrected chi connectivity index (χ0v) is 19.8. The van der Waals surface area contributed by atoms with Crippen molar-refractivity contribution in [1.82, 2.24) is 30.0 Å². The molecule has 0 spiro atoms. The molecule has 1 N–H and O–H groups in total. The van der Waals surface area contributed by atoms with Crippen LogP contribution in [0.2, 0.25) is 0 Å². The number of rotatable bonds is 6. The summed E-state index contributed by atoms with van der Waals surface area (Å²) in [5, 5.41) is 7.75. The number of hydrogen-bond donors (Lipinski definition) is 1. The lowest BCUT2D eigenvalue weighted by atomic mass is 10.0. The number of nitrogens with zero attached hydrogens (tertiary/aromatic N) is 5. The second-order valence-corrected chi connectivity index (χ2v) is 9.62. The number of hydrogen-bond acceptors (Lipinski definition) is 5. The number of amides is 1. The molecule has 3 aromatic heterocycles. The van der Waals surface area contributed by atoms with Crippen molar-refractivity contribution in [2.24, 2.45) is 0 Å². The standard InChI is InChI=1S/C28H28N6O/c1-18(14-19-6-5-13-29-15-19)32-27(35)24-17-31-34(26(24)21-11-12-21)28-30-16-22-9-4-8-20-7-2-3-10-23(20)25(22)33-28/h2-3,5-7,10,13,15-18,21H,4,8-9,11-12,14H2,1H3,(H,32,35)/t18-/m1/s1. The van der Waals surface area contributed by atoms with Crippen LogP contribution in [0.1, 0.15) is 64.8 Å². The Labute approximate surface area is 204 Å². The van der Waals surface area contributed by atoms with Gasteiger partial charge in [0.15, 0.2) is 0 Å². The van der Waals surface area contributed by atoms with Crippen LogP contribution < -0.4 is 5.32 Å². The Bertz CT molecular complexity index is 1380. The van der Waals surface area contributed by atoms with E-state index >= 15 is 0 Å². The Morgan fingerprint density at radius 1 is 1.09 bits per heavy atom. The van der Waals surface area contributed by atoms with Crippen LogP contribution in [-0.4, -0.2) is 36.7 Å². The third-order valence-electron chi connectivity index (χ3n) is 6.86. The van der Waals surface area contributed by atoms with Crippen molar-refractivity contribution in [2.45, 2.75) is 57.4 Å². The van der Waals surface area contributed by atoms with Gasteiger partial charge in [0.25, 0.3) is 11.9 Å². The van der Waals surface area contributed by atoms with Crippen molar-refractivity contribution in [1.29, 1.82) is 0 Å². The van der Waals surface area contributed by atoms with Crippen LogP contribution in [-0.2, 0) is 19.3 Å². The number of benzene rings is 1. The summed E-state index contributed by atoms with van der Waals surface area (Å²) in [5.74, 6) is 0.737. The molecule has 1 amide bonds. The molecule has 6 rings (SSSR count). The minimum atomic E-state index is -0.102. The highest BCUT2D eigenvalue weighted by molar-refractivity contribution is 5.95. The Kier molecular flexibility index (Phi) is 5.60. The number of fused-ring (bicyclic) bond motifs is 3. The molecule has 0 bridgehead atoms. The van der Waals surface area contributed by atoms with Gasteiger partial charge in [0.05, 0.1) is 23.1 Å². The number of pyridine rings is 1. The maximum atomic E-state index is 13.3. The van der Waals surface area contributed by atoms with E-state index in [0.29, 0.717) is 17.4 Å². The highest BCUT2D eigenvalue weighted by Gasteiger charge is 2.34. The highest BCUT2D eigenvalue weighted by Crippen LogP contribution is 2.42. The summed E-state index contributed by atoms with van der Waals surface area (Å²) < 4.78 is 1.78. The van der Waals surface area contributed by atoms with E-state index in [2.05, 4.69) is 44.6 Å². The summed E-state index contributed by atoms with van der Waals surface area (Å²) in [6.07, 6.45) is 13.1. The van der Waals surface area contributed by atoms with Gasteiger partial charge in [-0.05, 0) is 68.2 Å². The van der Waals surface area contributed by atoms with E-state index in [9.17, 15) is 4.79 Å². The first-order valence-electron chi connectivity index (χ1n) is 12.4. The van der Waals surface area contributed by atoms with Crippen molar-refractivity contribution >= 4 is 5.91 Å². The number of aryl methyl sites for hydroxylation is 2. The van der Waals surface area contributed by atoms with Crippen molar-refractivity contribution in [3.63, 3.8) is 0 Å². The SMILES string of the molecule is C[C@H](Cc1cccnc1)NC(=O)c1cnn(-c2ncc3c(n2)-c2ccccc2CCC3)c1C1CC1. The van der Waals surface area contributed by atoms with Gasteiger partial charge in [-0.25, -0.2) is 14.6 Å². The molecule has 7 heteroatoms. The fraction of sp³-hybridized carbons (Fsp3) is 0.321. The molecule has 7 nitrogen and oxygen atoms in total. The molecule has 0 aliphatic heterocycles. The first kappa shape index (κ1) is 21.6. The molecule has 2 aliphatic rings. The van der Waals surface area contributed by atoms with Gasteiger partial charge in [-0.15, -0.1) is 0 Å². The van der Waals surface area contributed by atoms with Crippen molar-refractivity contribution in [2.75, 3.05) is 0 Å². The quantitative estimate of drug-likeness (QED) is 0.456. The van der Waals surface area contributed by atoms with Gasteiger partial charge in [-0.2, -0.15) is 5.10 Å². The van der Waals surface area contributed by atoms with E-state index in [1.165, 1.54) is 16.7 Å². The third kappa shape index (κ3) is 4.34. The lowest BCUT2D eigenvalue weighted by molar-refractivity contribution is 0.0939.